The maximum atomic E-state index is 12.7. The zero-order chi connectivity index (χ0) is 50.6. The summed E-state index contributed by atoms with van der Waals surface area (Å²) in [5.74, 6) is -0.400. The minimum Gasteiger partial charge on any atom is -0.463 e. The van der Waals surface area contributed by atoms with Crippen molar-refractivity contribution in [3.8, 4) is 0 Å². The number of carbonyl (C=O) groups is 2. The summed E-state index contributed by atoms with van der Waals surface area (Å²) in [6.07, 6.45) is 81.6. The molecule has 70 heavy (non-hydrogen) atoms. The summed E-state index contributed by atoms with van der Waals surface area (Å²) in [6.45, 7) is 7.62. The first-order chi connectivity index (χ1) is 34.6. The van der Waals surface area contributed by atoms with Gasteiger partial charge in [0.1, 0.15) is 19.3 Å². The molecule has 0 aliphatic heterocycles. The van der Waals surface area contributed by atoms with Gasteiger partial charge < -0.3 is 14.2 Å². The van der Waals surface area contributed by atoms with Crippen LogP contribution in [0.15, 0.2) is 97.2 Å². The minimum atomic E-state index is -0.431. The molecule has 0 radical (unpaired) electrons. The van der Waals surface area contributed by atoms with E-state index in [2.05, 4.69) is 118 Å². The SMILES string of the molecule is CCCCC/C=C\C/C=C\C/C=C\C/C=C\CCCCCC(=O)OCC(COC(=O)CCCCC/C=C\C/C=C\C/C=C\C/C=C\CCCCC)OCCCCCCCCCCCCCCCCCC. The Hall–Kier alpha value is -3.18. The van der Waals surface area contributed by atoms with Gasteiger partial charge in [-0.3, -0.25) is 9.59 Å². The zero-order valence-corrected chi connectivity index (χ0v) is 46.3. The second kappa shape index (κ2) is 60.1. The molecule has 0 aromatic carbocycles. The van der Waals surface area contributed by atoms with Crippen LogP contribution in [0, 0.1) is 0 Å². The fourth-order valence-electron chi connectivity index (χ4n) is 8.10. The molecule has 0 aromatic heterocycles. The molecule has 402 valence electrons. The number of carbonyl (C=O) groups excluding carboxylic acids is 2. The van der Waals surface area contributed by atoms with E-state index in [0.717, 1.165) is 103 Å². The second-order valence-electron chi connectivity index (χ2n) is 19.5. The van der Waals surface area contributed by atoms with Crippen molar-refractivity contribution in [3.63, 3.8) is 0 Å². The van der Waals surface area contributed by atoms with E-state index in [1.165, 1.54) is 141 Å². The highest BCUT2D eigenvalue weighted by Crippen LogP contribution is 2.15. The largest absolute Gasteiger partial charge is 0.463 e. The zero-order valence-electron chi connectivity index (χ0n) is 46.3. The third-order valence-electron chi connectivity index (χ3n) is 12.6. The molecule has 0 aromatic rings. The van der Waals surface area contributed by atoms with E-state index in [4.69, 9.17) is 14.2 Å². The van der Waals surface area contributed by atoms with Crippen molar-refractivity contribution in [2.75, 3.05) is 19.8 Å². The van der Waals surface area contributed by atoms with Gasteiger partial charge in [0.15, 0.2) is 0 Å². The molecule has 0 aliphatic carbocycles. The van der Waals surface area contributed by atoms with Gasteiger partial charge in [0, 0.05) is 19.4 Å². The lowest BCUT2D eigenvalue weighted by atomic mass is 10.0. The van der Waals surface area contributed by atoms with Gasteiger partial charge >= 0.3 is 11.9 Å². The maximum absolute atomic E-state index is 12.7. The Morgan fingerprint density at radius 3 is 0.857 bits per heavy atom. The van der Waals surface area contributed by atoms with E-state index >= 15 is 0 Å². The molecule has 0 N–H and O–H groups in total. The Bertz CT molecular complexity index is 1250. The van der Waals surface area contributed by atoms with Crippen molar-refractivity contribution in [3.05, 3.63) is 97.2 Å². The van der Waals surface area contributed by atoms with Crippen LogP contribution in [0.5, 0.6) is 0 Å². The number of esters is 2. The first-order valence-corrected chi connectivity index (χ1v) is 29.8. The Morgan fingerprint density at radius 1 is 0.300 bits per heavy atom. The van der Waals surface area contributed by atoms with Gasteiger partial charge in [0.05, 0.1) is 0 Å². The van der Waals surface area contributed by atoms with Crippen molar-refractivity contribution in [2.45, 2.75) is 284 Å². The molecule has 0 saturated carbocycles. The summed E-state index contributed by atoms with van der Waals surface area (Å²) in [7, 11) is 0. The van der Waals surface area contributed by atoms with Gasteiger partial charge in [0.2, 0.25) is 0 Å². The average molecular weight is 974 g/mol. The predicted octanol–water partition coefficient (Wildman–Crippen LogP) is 20.6. The smallest absolute Gasteiger partial charge is 0.305 e. The number of ether oxygens (including phenoxy) is 3. The van der Waals surface area contributed by atoms with Crippen LogP contribution < -0.4 is 0 Å². The molecule has 0 amide bonds. The van der Waals surface area contributed by atoms with E-state index in [1.807, 2.05) is 0 Å². The van der Waals surface area contributed by atoms with E-state index < -0.39 is 6.10 Å². The van der Waals surface area contributed by atoms with Gasteiger partial charge in [-0.1, -0.05) is 253 Å². The molecule has 0 aliphatic rings. The second-order valence-corrected chi connectivity index (χ2v) is 19.5. The van der Waals surface area contributed by atoms with E-state index in [1.54, 1.807) is 0 Å². The number of hydrogen-bond acceptors (Lipinski definition) is 5. The summed E-state index contributed by atoms with van der Waals surface area (Å²) >= 11 is 0. The molecule has 0 heterocycles. The Labute approximate surface area is 434 Å². The summed E-state index contributed by atoms with van der Waals surface area (Å²) in [5.41, 5.74) is 0. The van der Waals surface area contributed by atoms with Crippen molar-refractivity contribution in [1.29, 1.82) is 0 Å². The fraction of sp³-hybridized carbons (Fsp3) is 0.723. The van der Waals surface area contributed by atoms with Crippen molar-refractivity contribution >= 4 is 11.9 Å². The molecule has 5 heteroatoms. The van der Waals surface area contributed by atoms with Crippen LogP contribution in [0.1, 0.15) is 278 Å². The van der Waals surface area contributed by atoms with Crippen LogP contribution in [0.4, 0.5) is 0 Å². The number of hydrogen-bond donors (Lipinski definition) is 0. The fourth-order valence-corrected chi connectivity index (χ4v) is 8.10. The monoisotopic (exact) mass is 973 g/mol. The number of unbranched alkanes of at least 4 members (excludes halogenated alkanes) is 27. The van der Waals surface area contributed by atoms with Crippen LogP contribution in [0.3, 0.4) is 0 Å². The molecule has 0 rings (SSSR count). The molecule has 0 atom stereocenters. The Kier molecular flexibility index (Phi) is 57.4. The van der Waals surface area contributed by atoms with Crippen LogP contribution in [-0.2, 0) is 23.8 Å². The molecular weight excluding hydrogens is 861 g/mol. The van der Waals surface area contributed by atoms with Crippen molar-refractivity contribution < 1.29 is 23.8 Å². The molecule has 0 bridgehead atoms. The maximum Gasteiger partial charge on any atom is 0.305 e. The Morgan fingerprint density at radius 2 is 0.543 bits per heavy atom. The predicted molar refractivity (Wildman–Crippen MR) is 306 cm³/mol. The van der Waals surface area contributed by atoms with E-state index in [0.29, 0.717) is 19.4 Å². The third kappa shape index (κ3) is 57.4. The molecule has 0 unspecified atom stereocenters. The van der Waals surface area contributed by atoms with Gasteiger partial charge in [-0.25, -0.2) is 0 Å². The van der Waals surface area contributed by atoms with Gasteiger partial charge in [0.25, 0.3) is 0 Å². The molecule has 0 saturated heterocycles. The number of rotatable bonds is 54. The molecule has 5 nitrogen and oxygen atoms in total. The van der Waals surface area contributed by atoms with Gasteiger partial charge in [-0.05, 0) is 109 Å². The number of allylic oxidation sites excluding steroid dienone is 16. The first-order valence-electron chi connectivity index (χ1n) is 29.8. The highest BCUT2D eigenvalue weighted by atomic mass is 16.6. The quantitative estimate of drug-likeness (QED) is 0.0345. The van der Waals surface area contributed by atoms with Crippen LogP contribution in [0.2, 0.25) is 0 Å². The van der Waals surface area contributed by atoms with Crippen molar-refractivity contribution in [2.24, 2.45) is 0 Å². The van der Waals surface area contributed by atoms with Gasteiger partial charge in [-0.15, -0.1) is 0 Å². The standard InChI is InChI=1S/C65H112O5/c1-4-7-10-13-16-19-22-25-28-31-33-35-37-40-43-46-49-52-55-58-64(66)69-61-63(68-60-57-54-51-48-45-42-39-30-27-24-21-18-15-12-9-6-3)62-70-65(67)59-56-53-50-47-44-41-38-36-34-32-29-26-23-20-17-14-11-8-5-2/h16-17,19-20,25-26,28-29,33-36,40-41,43-44,63H,4-15,18,21-24,27,30-32,37-39,42,45-62H2,1-3H3/b19-16-,20-17-,28-25-,29-26-,35-33-,36-34-,43-40-,44-41-. The Balaban J connectivity index is 4.39. The summed E-state index contributed by atoms with van der Waals surface area (Å²) in [5, 5.41) is 0. The third-order valence-corrected chi connectivity index (χ3v) is 12.6. The van der Waals surface area contributed by atoms with E-state index in [-0.39, 0.29) is 25.2 Å². The van der Waals surface area contributed by atoms with Crippen molar-refractivity contribution in [1.82, 2.24) is 0 Å². The summed E-state index contributed by atoms with van der Waals surface area (Å²) < 4.78 is 17.5. The highest BCUT2D eigenvalue weighted by molar-refractivity contribution is 5.69. The lowest BCUT2D eigenvalue weighted by Gasteiger charge is -2.18. The van der Waals surface area contributed by atoms with E-state index in [9.17, 15) is 9.59 Å². The summed E-state index contributed by atoms with van der Waals surface area (Å²) in [6, 6.07) is 0. The summed E-state index contributed by atoms with van der Waals surface area (Å²) in [4.78, 5) is 25.3. The minimum absolute atomic E-state index is 0.127. The van der Waals surface area contributed by atoms with Crippen LogP contribution in [0.25, 0.3) is 0 Å². The molecule has 0 fully saturated rings. The van der Waals surface area contributed by atoms with Crippen LogP contribution >= 0.6 is 0 Å². The highest BCUT2D eigenvalue weighted by Gasteiger charge is 2.16. The average Bonchev–Trinajstić information content (AvgIpc) is 3.36. The van der Waals surface area contributed by atoms with Gasteiger partial charge in [-0.2, -0.15) is 0 Å². The lowest BCUT2D eigenvalue weighted by molar-refractivity contribution is -0.155. The molecule has 0 spiro atoms. The lowest BCUT2D eigenvalue weighted by Crippen LogP contribution is -2.29. The van der Waals surface area contributed by atoms with Crippen LogP contribution in [-0.4, -0.2) is 37.9 Å². The topological polar surface area (TPSA) is 61.8 Å². The first kappa shape index (κ1) is 66.8. The normalized spacial score (nSPS) is 12.5. The molecular formula is C65H112O5.